The van der Waals surface area contributed by atoms with Crippen LogP contribution in [-0.4, -0.2) is 25.2 Å². The molecule has 0 heterocycles. The van der Waals surface area contributed by atoms with E-state index in [-0.39, 0.29) is 17.1 Å². The number of halogens is 5. The lowest BCUT2D eigenvalue weighted by molar-refractivity contribution is -0.137. The van der Waals surface area contributed by atoms with E-state index in [4.69, 9.17) is 11.6 Å². The number of carbonyl (C=O) groups is 1. The van der Waals surface area contributed by atoms with Crippen molar-refractivity contribution in [2.45, 2.75) is 17.6 Å². The van der Waals surface area contributed by atoms with Crippen molar-refractivity contribution in [1.82, 2.24) is 4.31 Å². The Morgan fingerprint density at radius 2 is 1.58 bits per heavy atom. The molecule has 11 heteroatoms. The molecule has 1 N–H and O–H groups in total. The Kier molecular flexibility index (Phi) is 7.84. The topological polar surface area (TPSA) is 66.5 Å². The molecule has 3 aromatic rings. The Morgan fingerprint density at radius 1 is 0.970 bits per heavy atom. The van der Waals surface area contributed by atoms with Crippen LogP contribution in [0.25, 0.3) is 0 Å². The van der Waals surface area contributed by atoms with Gasteiger partial charge in [-0.2, -0.15) is 17.5 Å². The van der Waals surface area contributed by atoms with Gasteiger partial charge in [-0.1, -0.05) is 45.7 Å². The number of nitrogens with zero attached hydrogens (tertiary/aromatic N) is 1. The third-order valence-corrected chi connectivity index (χ3v) is 7.28. The van der Waals surface area contributed by atoms with Crippen LogP contribution in [0.1, 0.15) is 11.1 Å². The first kappa shape index (κ1) is 25.2. The van der Waals surface area contributed by atoms with Crippen LogP contribution in [0.3, 0.4) is 0 Å². The fourth-order valence-corrected chi connectivity index (χ4v) is 4.74. The number of amides is 1. The number of nitrogens with one attached hydrogen (secondary N) is 1. The van der Waals surface area contributed by atoms with E-state index in [0.717, 1.165) is 28.6 Å². The summed E-state index contributed by atoms with van der Waals surface area (Å²) >= 11 is 9.43. The van der Waals surface area contributed by atoms with Crippen LogP contribution in [0.2, 0.25) is 5.02 Å². The Labute approximate surface area is 202 Å². The second kappa shape index (κ2) is 10.3. The summed E-state index contributed by atoms with van der Waals surface area (Å²) in [7, 11) is -4.10. The summed E-state index contributed by atoms with van der Waals surface area (Å²) in [5.41, 5.74) is -0.271. The fraction of sp³-hybridized carbons (Fsp3) is 0.136. The normalized spacial score (nSPS) is 12.1. The molecule has 0 aliphatic heterocycles. The number of sulfonamides is 1. The number of hydrogen-bond donors (Lipinski definition) is 1. The molecule has 0 spiro atoms. The van der Waals surface area contributed by atoms with Gasteiger partial charge in [0.25, 0.3) is 0 Å². The molecular formula is C22H17BrClF3N2O3S. The molecule has 3 rings (SSSR count). The van der Waals surface area contributed by atoms with Gasteiger partial charge < -0.3 is 5.32 Å². The van der Waals surface area contributed by atoms with Gasteiger partial charge in [-0.05, 0) is 60.2 Å². The van der Waals surface area contributed by atoms with Crippen molar-refractivity contribution < 1.29 is 26.4 Å². The lowest BCUT2D eigenvalue weighted by atomic mass is 10.2. The number of hydrogen-bond acceptors (Lipinski definition) is 3. The third-order valence-electron chi connectivity index (χ3n) is 4.57. The third kappa shape index (κ3) is 6.57. The summed E-state index contributed by atoms with van der Waals surface area (Å²) in [6.07, 6.45) is -4.51. The van der Waals surface area contributed by atoms with Gasteiger partial charge in [0, 0.05) is 21.7 Å². The summed E-state index contributed by atoms with van der Waals surface area (Å²) in [4.78, 5) is 12.6. The first-order chi connectivity index (χ1) is 15.5. The minimum Gasteiger partial charge on any atom is -0.325 e. The van der Waals surface area contributed by atoms with E-state index in [0.29, 0.717) is 15.1 Å². The Hall–Kier alpha value is -2.40. The number of rotatable bonds is 7. The van der Waals surface area contributed by atoms with Gasteiger partial charge in [0.2, 0.25) is 15.9 Å². The first-order valence-corrected chi connectivity index (χ1v) is 12.0. The fourth-order valence-electron chi connectivity index (χ4n) is 2.90. The smallest absolute Gasteiger partial charge is 0.325 e. The minimum atomic E-state index is -4.51. The number of benzene rings is 3. The molecule has 0 radical (unpaired) electrons. The highest BCUT2D eigenvalue weighted by Gasteiger charge is 2.30. The van der Waals surface area contributed by atoms with E-state index in [1.165, 1.54) is 12.1 Å². The molecule has 0 saturated heterocycles. The molecular weight excluding hydrogens is 545 g/mol. The van der Waals surface area contributed by atoms with Gasteiger partial charge in [0.1, 0.15) is 0 Å². The number of anilines is 1. The molecule has 1 amide bonds. The Bertz CT molecular complexity index is 1230. The number of alkyl halides is 3. The van der Waals surface area contributed by atoms with Crippen molar-refractivity contribution in [2.75, 3.05) is 11.9 Å². The summed E-state index contributed by atoms with van der Waals surface area (Å²) in [5.74, 6) is -0.720. The van der Waals surface area contributed by atoms with E-state index < -0.39 is 34.2 Å². The van der Waals surface area contributed by atoms with E-state index in [1.54, 1.807) is 36.4 Å². The minimum absolute atomic E-state index is 0.0277. The zero-order valence-electron chi connectivity index (χ0n) is 16.8. The summed E-state index contributed by atoms with van der Waals surface area (Å²) in [5, 5.41) is 2.76. The van der Waals surface area contributed by atoms with E-state index >= 15 is 0 Å². The maximum absolute atomic E-state index is 13.3. The van der Waals surface area contributed by atoms with Crippen LogP contribution in [0.4, 0.5) is 18.9 Å². The van der Waals surface area contributed by atoms with Gasteiger partial charge in [-0.25, -0.2) is 8.42 Å². The molecule has 0 aliphatic carbocycles. The van der Waals surface area contributed by atoms with Crippen molar-refractivity contribution in [1.29, 1.82) is 0 Å². The van der Waals surface area contributed by atoms with Crippen LogP contribution in [0.15, 0.2) is 82.2 Å². The molecule has 0 aliphatic rings. The standard InChI is InChI=1S/C22H17BrClF3N2O3S/c23-17-7-11-19(12-8-17)33(31,32)29(13-15-3-1-2-4-20(15)24)14-21(30)28-18-9-5-16(6-10-18)22(25,26)27/h1-12H,13-14H2,(H,28,30). The highest BCUT2D eigenvalue weighted by atomic mass is 79.9. The Balaban J connectivity index is 1.85. The molecule has 0 saturated carbocycles. The second-order valence-electron chi connectivity index (χ2n) is 6.94. The van der Waals surface area contributed by atoms with Gasteiger partial charge in [-0.3, -0.25) is 4.79 Å². The zero-order valence-corrected chi connectivity index (χ0v) is 20.0. The molecule has 0 fully saturated rings. The molecule has 3 aromatic carbocycles. The van der Waals surface area contributed by atoms with Crippen molar-refractivity contribution in [3.05, 3.63) is 93.4 Å². The van der Waals surface area contributed by atoms with Gasteiger partial charge in [-0.15, -0.1) is 0 Å². The van der Waals surface area contributed by atoms with Crippen LogP contribution in [0, 0.1) is 0 Å². The van der Waals surface area contributed by atoms with Crippen molar-refractivity contribution in [3.63, 3.8) is 0 Å². The molecule has 174 valence electrons. The molecule has 5 nitrogen and oxygen atoms in total. The van der Waals surface area contributed by atoms with Crippen molar-refractivity contribution >= 4 is 49.1 Å². The van der Waals surface area contributed by atoms with E-state index in [9.17, 15) is 26.4 Å². The molecule has 0 unspecified atom stereocenters. The summed E-state index contributed by atoms with van der Waals surface area (Å²) < 4.78 is 66.4. The molecule has 0 aromatic heterocycles. The van der Waals surface area contributed by atoms with E-state index in [1.807, 2.05) is 0 Å². The van der Waals surface area contributed by atoms with Gasteiger partial charge in [0.15, 0.2) is 0 Å². The molecule has 0 bridgehead atoms. The monoisotopic (exact) mass is 560 g/mol. The van der Waals surface area contributed by atoms with Crippen molar-refractivity contribution in [3.8, 4) is 0 Å². The quantitative estimate of drug-likeness (QED) is 0.388. The average Bonchev–Trinajstić information content (AvgIpc) is 2.75. The Morgan fingerprint density at radius 3 is 2.15 bits per heavy atom. The SMILES string of the molecule is O=C(CN(Cc1ccccc1Cl)S(=O)(=O)c1ccc(Br)cc1)Nc1ccc(C(F)(F)F)cc1. The highest BCUT2D eigenvalue weighted by Crippen LogP contribution is 2.30. The first-order valence-electron chi connectivity index (χ1n) is 9.43. The highest BCUT2D eigenvalue weighted by molar-refractivity contribution is 9.10. The molecule has 33 heavy (non-hydrogen) atoms. The zero-order chi connectivity index (χ0) is 24.2. The predicted molar refractivity (Wildman–Crippen MR) is 123 cm³/mol. The largest absolute Gasteiger partial charge is 0.416 e. The van der Waals surface area contributed by atoms with Crippen molar-refractivity contribution in [2.24, 2.45) is 0 Å². The lowest BCUT2D eigenvalue weighted by Crippen LogP contribution is -2.37. The van der Waals surface area contributed by atoms with E-state index in [2.05, 4.69) is 21.2 Å². The van der Waals surface area contributed by atoms with Crippen LogP contribution in [0.5, 0.6) is 0 Å². The lowest BCUT2D eigenvalue weighted by Gasteiger charge is -2.22. The van der Waals surface area contributed by atoms with Crippen LogP contribution < -0.4 is 5.32 Å². The second-order valence-corrected chi connectivity index (χ2v) is 10.2. The predicted octanol–water partition coefficient (Wildman–Crippen LogP) is 5.95. The van der Waals surface area contributed by atoms with Gasteiger partial charge in [0.05, 0.1) is 17.0 Å². The summed E-state index contributed by atoms with van der Waals surface area (Å²) in [6, 6.07) is 16.4. The van der Waals surface area contributed by atoms with Crippen LogP contribution in [-0.2, 0) is 27.5 Å². The average molecular weight is 562 g/mol. The van der Waals surface area contributed by atoms with Gasteiger partial charge >= 0.3 is 6.18 Å². The molecule has 0 atom stereocenters. The number of carbonyl (C=O) groups excluding carboxylic acids is 1. The maximum atomic E-state index is 13.3. The maximum Gasteiger partial charge on any atom is 0.416 e. The summed E-state index contributed by atoms with van der Waals surface area (Å²) in [6.45, 7) is -0.761. The van der Waals surface area contributed by atoms with Crippen LogP contribution >= 0.6 is 27.5 Å².